The topological polar surface area (TPSA) is 38.3 Å². The smallest absolute Gasteiger partial charge is 0.407 e. The van der Waals surface area contributed by atoms with E-state index in [-0.39, 0.29) is 12.2 Å². The van der Waals surface area contributed by atoms with Crippen LogP contribution < -0.4 is 5.32 Å². The van der Waals surface area contributed by atoms with Crippen LogP contribution >= 0.6 is 0 Å². The first-order valence-electron chi connectivity index (χ1n) is 4.60. The van der Waals surface area contributed by atoms with Gasteiger partial charge in [-0.25, -0.2) is 4.79 Å². The highest BCUT2D eigenvalue weighted by Gasteiger charge is 2.21. The molecule has 1 rings (SSSR count). The fourth-order valence-corrected chi connectivity index (χ4v) is 1.70. The summed E-state index contributed by atoms with van der Waals surface area (Å²) in [5.74, 6) is 0.702. The van der Waals surface area contributed by atoms with Crippen LogP contribution in [0.2, 0.25) is 0 Å². The van der Waals surface area contributed by atoms with Crippen molar-refractivity contribution in [3.05, 3.63) is 0 Å². The van der Waals surface area contributed by atoms with Crippen LogP contribution in [-0.2, 0) is 4.74 Å². The molecule has 0 radical (unpaired) electrons. The van der Waals surface area contributed by atoms with Gasteiger partial charge in [0.1, 0.15) is 6.10 Å². The van der Waals surface area contributed by atoms with E-state index in [1.54, 1.807) is 7.05 Å². The molecule has 2 unspecified atom stereocenters. The zero-order valence-electron chi connectivity index (χ0n) is 7.80. The maximum absolute atomic E-state index is 10.9. The monoisotopic (exact) mass is 171 g/mol. The molecule has 1 saturated carbocycles. The van der Waals surface area contributed by atoms with E-state index in [1.165, 1.54) is 12.8 Å². The molecule has 0 aromatic heterocycles. The Morgan fingerprint density at radius 1 is 1.50 bits per heavy atom. The Morgan fingerprint density at radius 2 is 2.25 bits per heavy atom. The van der Waals surface area contributed by atoms with Gasteiger partial charge in [0.05, 0.1) is 0 Å². The van der Waals surface area contributed by atoms with E-state index >= 15 is 0 Å². The molecular weight excluding hydrogens is 154 g/mol. The van der Waals surface area contributed by atoms with Gasteiger partial charge in [0.25, 0.3) is 0 Å². The number of rotatable bonds is 1. The van der Waals surface area contributed by atoms with Gasteiger partial charge in [0.2, 0.25) is 0 Å². The fourth-order valence-electron chi connectivity index (χ4n) is 1.70. The van der Waals surface area contributed by atoms with Crippen molar-refractivity contribution in [1.82, 2.24) is 5.32 Å². The number of carbonyl (C=O) groups excluding carboxylic acids is 1. The molecule has 0 aliphatic heterocycles. The van der Waals surface area contributed by atoms with Gasteiger partial charge in [-0.15, -0.1) is 0 Å². The first-order valence-corrected chi connectivity index (χ1v) is 4.60. The minimum atomic E-state index is -0.297. The van der Waals surface area contributed by atoms with E-state index in [4.69, 9.17) is 4.74 Å². The minimum Gasteiger partial charge on any atom is -0.446 e. The third-order valence-corrected chi connectivity index (χ3v) is 2.37. The number of ether oxygens (including phenoxy) is 1. The van der Waals surface area contributed by atoms with Gasteiger partial charge in [-0.1, -0.05) is 13.3 Å². The quantitative estimate of drug-likeness (QED) is 0.654. The van der Waals surface area contributed by atoms with Crippen LogP contribution in [0.15, 0.2) is 0 Å². The molecule has 1 N–H and O–H groups in total. The fraction of sp³-hybridized carbons (Fsp3) is 0.889. The zero-order chi connectivity index (χ0) is 8.97. The summed E-state index contributed by atoms with van der Waals surface area (Å²) < 4.78 is 5.16. The lowest BCUT2D eigenvalue weighted by molar-refractivity contribution is 0.0638. The van der Waals surface area contributed by atoms with Crippen molar-refractivity contribution in [3.8, 4) is 0 Å². The van der Waals surface area contributed by atoms with Crippen molar-refractivity contribution in [1.29, 1.82) is 0 Å². The van der Waals surface area contributed by atoms with Crippen LogP contribution in [-0.4, -0.2) is 19.2 Å². The van der Waals surface area contributed by atoms with Crippen molar-refractivity contribution in [2.75, 3.05) is 7.05 Å². The molecule has 0 bridgehead atoms. The van der Waals surface area contributed by atoms with Gasteiger partial charge in [-0.2, -0.15) is 0 Å². The Hall–Kier alpha value is -0.730. The van der Waals surface area contributed by atoms with E-state index in [1.807, 2.05) is 0 Å². The zero-order valence-corrected chi connectivity index (χ0v) is 7.80. The van der Waals surface area contributed by atoms with E-state index in [0.29, 0.717) is 5.92 Å². The number of amides is 1. The third kappa shape index (κ3) is 2.72. The molecule has 1 fully saturated rings. The molecule has 1 amide bonds. The predicted molar refractivity (Wildman–Crippen MR) is 47.0 cm³/mol. The molecule has 3 nitrogen and oxygen atoms in total. The summed E-state index contributed by atoms with van der Waals surface area (Å²) >= 11 is 0. The van der Waals surface area contributed by atoms with E-state index in [0.717, 1.165) is 12.8 Å². The SMILES string of the molecule is CNC(=O)OC1CCCC(C)C1. The van der Waals surface area contributed by atoms with Crippen LogP contribution in [0.5, 0.6) is 0 Å². The standard InChI is InChI=1S/C9H17NO2/c1-7-4-3-5-8(6-7)12-9(11)10-2/h7-8H,3-6H2,1-2H3,(H,10,11). The highest BCUT2D eigenvalue weighted by molar-refractivity contribution is 5.66. The molecular formula is C9H17NO2. The maximum atomic E-state index is 10.9. The molecule has 0 spiro atoms. The third-order valence-electron chi connectivity index (χ3n) is 2.37. The lowest BCUT2D eigenvalue weighted by atomic mass is 9.89. The molecule has 3 heteroatoms. The summed E-state index contributed by atoms with van der Waals surface area (Å²) in [6, 6.07) is 0. The summed E-state index contributed by atoms with van der Waals surface area (Å²) in [4.78, 5) is 10.9. The average Bonchev–Trinajstić information content (AvgIpc) is 2.04. The Bertz CT molecular complexity index is 159. The van der Waals surface area contributed by atoms with Crippen LogP contribution in [0.3, 0.4) is 0 Å². The Labute approximate surface area is 73.5 Å². The first kappa shape index (κ1) is 9.36. The normalized spacial score (nSPS) is 29.5. The van der Waals surface area contributed by atoms with Gasteiger partial charge < -0.3 is 10.1 Å². The van der Waals surface area contributed by atoms with Gasteiger partial charge in [0, 0.05) is 7.05 Å². The van der Waals surface area contributed by atoms with E-state index in [9.17, 15) is 4.79 Å². The average molecular weight is 171 g/mol. The highest BCUT2D eigenvalue weighted by atomic mass is 16.6. The molecule has 0 saturated heterocycles. The van der Waals surface area contributed by atoms with Crippen LogP contribution in [0.25, 0.3) is 0 Å². The molecule has 2 atom stereocenters. The maximum Gasteiger partial charge on any atom is 0.407 e. The second kappa shape index (κ2) is 4.33. The van der Waals surface area contributed by atoms with Crippen molar-refractivity contribution < 1.29 is 9.53 Å². The lowest BCUT2D eigenvalue weighted by Gasteiger charge is -2.26. The molecule has 70 valence electrons. The number of alkyl carbamates (subject to hydrolysis) is 1. The summed E-state index contributed by atoms with van der Waals surface area (Å²) in [5.41, 5.74) is 0. The van der Waals surface area contributed by atoms with Crippen molar-refractivity contribution >= 4 is 6.09 Å². The van der Waals surface area contributed by atoms with Gasteiger partial charge in [0.15, 0.2) is 0 Å². The Balaban J connectivity index is 2.27. The predicted octanol–water partition coefficient (Wildman–Crippen LogP) is 1.92. The summed E-state index contributed by atoms with van der Waals surface area (Å²) in [7, 11) is 1.59. The summed E-state index contributed by atoms with van der Waals surface area (Å²) in [5, 5.41) is 2.47. The molecule has 12 heavy (non-hydrogen) atoms. The summed E-state index contributed by atoms with van der Waals surface area (Å²) in [6.45, 7) is 2.21. The second-order valence-corrected chi connectivity index (χ2v) is 3.55. The van der Waals surface area contributed by atoms with E-state index in [2.05, 4.69) is 12.2 Å². The second-order valence-electron chi connectivity index (χ2n) is 3.55. The van der Waals surface area contributed by atoms with E-state index < -0.39 is 0 Å². The Morgan fingerprint density at radius 3 is 2.83 bits per heavy atom. The van der Waals surface area contributed by atoms with Crippen LogP contribution in [0.4, 0.5) is 4.79 Å². The Kier molecular flexibility index (Phi) is 3.38. The number of nitrogens with one attached hydrogen (secondary N) is 1. The van der Waals surface area contributed by atoms with Gasteiger partial charge >= 0.3 is 6.09 Å². The van der Waals surface area contributed by atoms with Crippen molar-refractivity contribution in [3.63, 3.8) is 0 Å². The van der Waals surface area contributed by atoms with Gasteiger partial charge in [-0.05, 0) is 25.2 Å². The molecule has 0 aromatic carbocycles. The number of hydrogen-bond donors (Lipinski definition) is 1. The first-order chi connectivity index (χ1) is 5.72. The molecule has 1 aliphatic carbocycles. The minimum absolute atomic E-state index is 0.147. The van der Waals surface area contributed by atoms with Crippen molar-refractivity contribution in [2.45, 2.75) is 38.7 Å². The number of hydrogen-bond acceptors (Lipinski definition) is 2. The lowest BCUT2D eigenvalue weighted by Crippen LogP contribution is -2.29. The number of carbonyl (C=O) groups is 1. The molecule has 1 aliphatic rings. The molecule has 0 aromatic rings. The van der Waals surface area contributed by atoms with Crippen LogP contribution in [0.1, 0.15) is 32.6 Å². The van der Waals surface area contributed by atoms with Crippen LogP contribution in [0, 0.1) is 5.92 Å². The van der Waals surface area contributed by atoms with Crippen molar-refractivity contribution in [2.24, 2.45) is 5.92 Å². The summed E-state index contributed by atoms with van der Waals surface area (Å²) in [6.07, 6.45) is 4.35. The van der Waals surface area contributed by atoms with Gasteiger partial charge in [-0.3, -0.25) is 0 Å². The largest absolute Gasteiger partial charge is 0.446 e. The molecule has 0 heterocycles. The highest BCUT2D eigenvalue weighted by Crippen LogP contribution is 2.25.